The van der Waals surface area contributed by atoms with Crippen LogP contribution in [0, 0.1) is 0 Å². The van der Waals surface area contributed by atoms with Gasteiger partial charge < -0.3 is 4.98 Å². The Morgan fingerprint density at radius 1 is 1.07 bits per heavy atom. The summed E-state index contributed by atoms with van der Waals surface area (Å²) in [6.45, 7) is 4.03. The Balaban J connectivity index is 2.19. The summed E-state index contributed by atoms with van der Waals surface area (Å²) >= 11 is 0. The molecular formula is C21H26N2O3S. The van der Waals surface area contributed by atoms with Gasteiger partial charge in [0.1, 0.15) is 10.7 Å². The number of aryl methyl sites for hydroxylation is 2. The molecule has 0 spiro atoms. The summed E-state index contributed by atoms with van der Waals surface area (Å²) in [6, 6.07) is 11.5. The Morgan fingerprint density at radius 3 is 2.44 bits per heavy atom. The van der Waals surface area contributed by atoms with Crippen molar-refractivity contribution >= 4 is 21.2 Å². The summed E-state index contributed by atoms with van der Waals surface area (Å²) in [6.07, 6.45) is 5.22. The highest BCUT2D eigenvalue weighted by atomic mass is 32.2. The summed E-state index contributed by atoms with van der Waals surface area (Å²) in [4.78, 5) is 8.04. The van der Waals surface area contributed by atoms with Crippen molar-refractivity contribution in [3.8, 4) is 11.4 Å². The van der Waals surface area contributed by atoms with Crippen LogP contribution in [0.3, 0.4) is 0 Å². The molecule has 0 radical (unpaired) electrons. The second-order valence-corrected chi connectivity index (χ2v) is 8.19. The molecule has 5 nitrogen and oxygen atoms in total. The molecule has 1 aromatic heterocycles. The SMILES string of the molecule is CCCCCCc1c(S(=O)(=O)O)c(CC)cc2nc(-c3ccccc3)[nH]c12. The van der Waals surface area contributed by atoms with Gasteiger partial charge in [-0.25, -0.2) is 4.98 Å². The number of nitrogens with zero attached hydrogens (tertiary/aromatic N) is 1. The van der Waals surface area contributed by atoms with Crippen LogP contribution >= 0.6 is 0 Å². The number of imidazole rings is 1. The van der Waals surface area contributed by atoms with Crippen LogP contribution < -0.4 is 0 Å². The maximum absolute atomic E-state index is 12.2. The topological polar surface area (TPSA) is 83.1 Å². The molecule has 27 heavy (non-hydrogen) atoms. The fourth-order valence-electron chi connectivity index (χ4n) is 3.54. The van der Waals surface area contributed by atoms with Crippen LogP contribution in [0.4, 0.5) is 0 Å². The number of nitrogens with one attached hydrogen (secondary N) is 1. The van der Waals surface area contributed by atoms with Crippen molar-refractivity contribution < 1.29 is 13.0 Å². The number of hydrogen-bond donors (Lipinski definition) is 2. The minimum absolute atomic E-state index is 0.0530. The van der Waals surface area contributed by atoms with Crippen molar-refractivity contribution in [1.29, 1.82) is 0 Å². The molecule has 0 unspecified atom stereocenters. The second kappa shape index (κ2) is 8.23. The number of fused-ring (bicyclic) bond motifs is 1. The first kappa shape index (κ1) is 19.6. The fourth-order valence-corrected chi connectivity index (χ4v) is 4.59. The fraction of sp³-hybridized carbons (Fsp3) is 0.381. The van der Waals surface area contributed by atoms with Gasteiger partial charge >= 0.3 is 0 Å². The van der Waals surface area contributed by atoms with Crippen LogP contribution in [0.15, 0.2) is 41.3 Å². The summed E-state index contributed by atoms with van der Waals surface area (Å²) in [5.74, 6) is 0.704. The molecule has 0 saturated heterocycles. The summed E-state index contributed by atoms with van der Waals surface area (Å²) in [5, 5.41) is 0. The predicted molar refractivity (Wildman–Crippen MR) is 109 cm³/mol. The van der Waals surface area contributed by atoms with Crippen molar-refractivity contribution in [3.05, 3.63) is 47.5 Å². The average molecular weight is 387 g/mol. The number of aromatic amines is 1. The Hall–Kier alpha value is -2.18. The number of hydrogen-bond acceptors (Lipinski definition) is 3. The molecule has 0 fully saturated rings. The lowest BCUT2D eigenvalue weighted by molar-refractivity contribution is 0.480. The normalized spacial score (nSPS) is 12.0. The van der Waals surface area contributed by atoms with Crippen molar-refractivity contribution in [1.82, 2.24) is 9.97 Å². The maximum atomic E-state index is 12.2. The van der Waals surface area contributed by atoms with Crippen molar-refractivity contribution in [2.24, 2.45) is 0 Å². The van der Waals surface area contributed by atoms with Crippen LogP contribution in [0.2, 0.25) is 0 Å². The van der Waals surface area contributed by atoms with Crippen molar-refractivity contribution in [2.75, 3.05) is 0 Å². The quantitative estimate of drug-likeness (QED) is 0.414. The molecule has 0 saturated carbocycles. The largest absolute Gasteiger partial charge is 0.338 e. The van der Waals surface area contributed by atoms with Gasteiger partial charge in [-0.05, 0) is 36.5 Å². The highest BCUT2D eigenvalue weighted by Crippen LogP contribution is 2.32. The van der Waals surface area contributed by atoms with Crippen LogP contribution in [-0.4, -0.2) is 22.9 Å². The van der Waals surface area contributed by atoms with Gasteiger partial charge in [-0.2, -0.15) is 8.42 Å². The van der Waals surface area contributed by atoms with E-state index < -0.39 is 10.1 Å². The molecule has 3 aromatic rings. The molecular weight excluding hydrogens is 360 g/mol. The maximum Gasteiger partial charge on any atom is 0.295 e. The van der Waals surface area contributed by atoms with E-state index in [1.54, 1.807) is 6.07 Å². The van der Waals surface area contributed by atoms with E-state index >= 15 is 0 Å². The zero-order valence-electron chi connectivity index (χ0n) is 15.8. The Morgan fingerprint density at radius 2 is 1.81 bits per heavy atom. The first-order valence-electron chi connectivity index (χ1n) is 9.53. The Labute approximate surface area is 160 Å². The number of H-pyrrole nitrogens is 1. The van der Waals surface area contributed by atoms with Gasteiger partial charge in [0.25, 0.3) is 10.1 Å². The van der Waals surface area contributed by atoms with Crippen LogP contribution in [0.1, 0.15) is 50.7 Å². The van der Waals surface area contributed by atoms with Gasteiger partial charge in [0.15, 0.2) is 0 Å². The molecule has 2 N–H and O–H groups in total. The highest BCUT2D eigenvalue weighted by molar-refractivity contribution is 7.86. The first-order valence-corrected chi connectivity index (χ1v) is 11.0. The van der Waals surface area contributed by atoms with Gasteiger partial charge in [-0.1, -0.05) is 63.4 Å². The van der Waals surface area contributed by atoms with E-state index in [0.29, 0.717) is 35.3 Å². The van der Waals surface area contributed by atoms with E-state index in [1.807, 2.05) is 37.3 Å². The minimum atomic E-state index is -4.31. The van der Waals surface area contributed by atoms with Gasteiger partial charge in [-0.15, -0.1) is 0 Å². The number of benzene rings is 2. The van der Waals surface area contributed by atoms with Gasteiger partial charge in [0.05, 0.1) is 11.0 Å². The molecule has 0 bridgehead atoms. The zero-order chi connectivity index (χ0) is 19.4. The molecule has 1 heterocycles. The predicted octanol–water partition coefficient (Wildman–Crippen LogP) is 5.16. The second-order valence-electron chi connectivity index (χ2n) is 6.83. The first-order chi connectivity index (χ1) is 13.0. The van der Waals surface area contributed by atoms with Crippen LogP contribution in [0.25, 0.3) is 22.4 Å². The lowest BCUT2D eigenvalue weighted by Gasteiger charge is -2.13. The average Bonchev–Trinajstić information content (AvgIpc) is 3.08. The summed E-state index contributed by atoms with van der Waals surface area (Å²) in [5.41, 5.74) is 3.65. The molecule has 0 aliphatic heterocycles. The number of aromatic nitrogens is 2. The highest BCUT2D eigenvalue weighted by Gasteiger charge is 2.24. The third kappa shape index (κ3) is 4.22. The van der Waals surface area contributed by atoms with Gasteiger partial charge in [-0.3, -0.25) is 4.55 Å². The molecule has 2 aromatic carbocycles. The van der Waals surface area contributed by atoms with E-state index in [1.165, 1.54) is 0 Å². The Bertz CT molecular complexity index is 1020. The van der Waals surface area contributed by atoms with E-state index in [-0.39, 0.29) is 4.90 Å². The number of rotatable bonds is 8. The van der Waals surface area contributed by atoms with Gasteiger partial charge in [0.2, 0.25) is 0 Å². The molecule has 3 rings (SSSR count). The summed E-state index contributed by atoms with van der Waals surface area (Å²) < 4.78 is 34.2. The van der Waals surface area contributed by atoms with Crippen LogP contribution in [-0.2, 0) is 23.0 Å². The minimum Gasteiger partial charge on any atom is -0.338 e. The monoisotopic (exact) mass is 386 g/mol. The van der Waals surface area contributed by atoms with E-state index in [4.69, 9.17) is 0 Å². The summed E-state index contributed by atoms with van der Waals surface area (Å²) in [7, 11) is -4.31. The molecule has 144 valence electrons. The lowest BCUT2D eigenvalue weighted by atomic mass is 10.0. The van der Waals surface area contributed by atoms with Crippen molar-refractivity contribution in [2.45, 2.75) is 57.3 Å². The molecule has 0 atom stereocenters. The smallest absolute Gasteiger partial charge is 0.295 e. The molecule has 0 aliphatic rings. The zero-order valence-corrected chi connectivity index (χ0v) is 16.6. The molecule has 6 heteroatoms. The van der Waals surface area contributed by atoms with Crippen LogP contribution in [0.5, 0.6) is 0 Å². The molecule has 0 amide bonds. The van der Waals surface area contributed by atoms with Crippen molar-refractivity contribution in [3.63, 3.8) is 0 Å². The number of unbranched alkanes of at least 4 members (excludes halogenated alkanes) is 3. The van der Waals surface area contributed by atoms with Gasteiger partial charge in [0, 0.05) is 5.56 Å². The molecule has 0 aliphatic carbocycles. The van der Waals surface area contributed by atoms with E-state index in [9.17, 15) is 13.0 Å². The third-order valence-electron chi connectivity index (χ3n) is 4.88. The third-order valence-corrected chi connectivity index (χ3v) is 5.90. The Kier molecular flexibility index (Phi) is 5.97. The van der Waals surface area contributed by atoms with E-state index in [2.05, 4.69) is 16.9 Å². The standard InChI is InChI=1S/C21H26N2O3S/c1-3-5-6-10-13-17-19-18(14-15(4-2)20(17)27(24,25)26)22-21(23-19)16-11-8-7-9-12-16/h7-9,11-12,14H,3-6,10,13H2,1-2H3,(H,22,23)(H,24,25,26). The lowest BCUT2D eigenvalue weighted by Crippen LogP contribution is -2.08. The van der Waals surface area contributed by atoms with E-state index in [0.717, 1.165) is 36.8 Å².